The molecule has 0 spiro atoms. The number of hydrogen-bond acceptors (Lipinski definition) is 15. The summed E-state index contributed by atoms with van der Waals surface area (Å²) in [5.41, 5.74) is 4.50. The van der Waals surface area contributed by atoms with Crippen molar-refractivity contribution in [1.82, 2.24) is 29.1 Å². The SMILES string of the molecule is CO[C@H]1[C@H]2OP(=O)(O)OC[C@H]3O[C@@H](n4ccc(=O)[nH]c4=O)[C@H](OP(=O)(O)SC[C@H]1O[C@H]2n1cnc2c(N)ncnc21)[C@@H]3F. The van der Waals surface area contributed by atoms with Crippen molar-refractivity contribution in [3.05, 3.63) is 45.8 Å². The normalized spacial score (nSPS) is 38.7. The van der Waals surface area contributed by atoms with Crippen LogP contribution in [0.5, 0.6) is 0 Å². The first-order valence-corrected chi connectivity index (χ1v) is 17.1. The molecule has 43 heavy (non-hydrogen) atoms. The third kappa shape index (κ3) is 5.83. The fraction of sp³-hybridized carbons (Fsp3) is 0.550. The van der Waals surface area contributed by atoms with Crippen LogP contribution in [0.3, 0.4) is 0 Å². The minimum absolute atomic E-state index is 0.0563. The number of nitrogens with zero attached hydrogens (tertiary/aromatic N) is 5. The summed E-state index contributed by atoms with van der Waals surface area (Å²) in [6.45, 7) is -5.63. The minimum atomic E-state index is -5.03. The first kappa shape index (κ1) is 30.5. The summed E-state index contributed by atoms with van der Waals surface area (Å²) >= 11 is 0.360. The van der Waals surface area contributed by atoms with E-state index >= 15 is 4.39 Å². The molecule has 6 heterocycles. The Hall–Kier alpha value is -2.55. The highest BCUT2D eigenvalue weighted by atomic mass is 32.7. The summed E-state index contributed by atoms with van der Waals surface area (Å²) in [5, 5.41) is 0. The number of aromatic nitrogens is 6. The number of fused-ring (bicyclic) bond motifs is 5. The molecule has 0 amide bonds. The van der Waals surface area contributed by atoms with Gasteiger partial charge in [-0.1, -0.05) is 0 Å². The van der Waals surface area contributed by atoms with Gasteiger partial charge in [0.1, 0.15) is 36.3 Å². The largest absolute Gasteiger partial charge is 0.472 e. The Morgan fingerprint density at radius 1 is 1.12 bits per heavy atom. The van der Waals surface area contributed by atoms with Gasteiger partial charge in [-0.15, -0.1) is 0 Å². The number of imidazole rings is 1. The molecule has 3 saturated heterocycles. The van der Waals surface area contributed by atoms with Gasteiger partial charge in [-0.3, -0.25) is 32.5 Å². The molecule has 3 aliphatic heterocycles. The molecule has 3 aliphatic rings. The quantitative estimate of drug-likeness (QED) is 0.265. The van der Waals surface area contributed by atoms with E-state index in [1.807, 2.05) is 4.98 Å². The fourth-order valence-electron chi connectivity index (χ4n) is 5.02. The molecule has 0 radical (unpaired) electrons. The average Bonchev–Trinajstić information content (AvgIpc) is 3.60. The molecule has 2 unspecified atom stereocenters. The van der Waals surface area contributed by atoms with Gasteiger partial charge in [-0.2, -0.15) is 0 Å². The Bertz CT molecular complexity index is 1740. The van der Waals surface area contributed by atoms with Crippen LogP contribution in [-0.4, -0.2) is 95.0 Å². The molecule has 0 saturated carbocycles. The number of nitrogen functional groups attached to an aromatic ring is 1. The van der Waals surface area contributed by atoms with Crippen molar-refractivity contribution in [2.24, 2.45) is 0 Å². The zero-order chi connectivity index (χ0) is 30.7. The Kier molecular flexibility index (Phi) is 8.10. The second-order valence-electron chi connectivity index (χ2n) is 9.54. The van der Waals surface area contributed by atoms with Crippen molar-refractivity contribution >= 4 is 43.0 Å². The topological polar surface area (TPSA) is 254 Å². The maximum Gasteiger partial charge on any atom is 0.472 e. The number of halogens is 1. The maximum absolute atomic E-state index is 15.6. The highest BCUT2D eigenvalue weighted by Crippen LogP contribution is 2.60. The molecule has 0 aromatic carbocycles. The van der Waals surface area contributed by atoms with E-state index in [0.717, 1.165) is 16.8 Å². The Labute approximate surface area is 243 Å². The molecule has 10 atom stereocenters. The van der Waals surface area contributed by atoms with E-state index in [9.17, 15) is 28.5 Å². The number of hydrogen-bond donors (Lipinski definition) is 4. The summed E-state index contributed by atoms with van der Waals surface area (Å²) < 4.78 is 77.1. The molecular weight excluding hydrogens is 643 g/mol. The van der Waals surface area contributed by atoms with Gasteiger partial charge >= 0.3 is 20.3 Å². The minimum Gasteiger partial charge on any atom is -0.382 e. The smallest absolute Gasteiger partial charge is 0.382 e. The van der Waals surface area contributed by atoms with Gasteiger partial charge < -0.3 is 29.7 Å². The van der Waals surface area contributed by atoms with Crippen molar-refractivity contribution in [2.45, 2.75) is 49.1 Å². The lowest BCUT2D eigenvalue weighted by Gasteiger charge is -2.26. The lowest BCUT2D eigenvalue weighted by molar-refractivity contribution is -0.0592. The van der Waals surface area contributed by atoms with Gasteiger partial charge in [0.2, 0.25) is 0 Å². The van der Waals surface area contributed by atoms with Crippen LogP contribution in [0.2, 0.25) is 0 Å². The van der Waals surface area contributed by atoms with Crippen LogP contribution in [0.4, 0.5) is 10.2 Å². The lowest BCUT2D eigenvalue weighted by Crippen LogP contribution is -2.38. The summed E-state index contributed by atoms with van der Waals surface area (Å²) in [5.74, 6) is -0.263. The van der Waals surface area contributed by atoms with Gasteiger partial charge in [0.15, 0.2) is 30.1 Å². The number of ether oxygens (including phenoxy) is 3. The molecule has 3 fully saturated rings. The van der Waals surface area contributed by atoms with Gasteiger partial charge in [0.25, 0.3) is 5.56 Å². The van der Waals surface area contributed by atoms with E-state index in [1.165, 1.54) is 24.3 Å². The number of phosphoric acid groups is 1. The van der Waals surface area contributed by atoms with Gasteiger partial charge in [-0.25, -0.2) is 33.3 Å². The second-order valence-corrected chi connectivity index (χ2v) is 14.8. The number of methoxy groups -OCH3 is 1. The molecule has 234 valence electrons. The molecule has 4 bridgehead atoms. The highest BCUT2D eigenvalue weighted by molar-refractivity contribution is 8.54. The number of nitrogens with one attached hydrogen (secondary N) is 1. The van der Waals surface area contributed by atoms with Gasteiger partial charge in [0, 0.05) is 25.1 Å². The van der Waals surface area contributed by atoms with Crippen molar-refractivity contribution in [3.8, 4) is 0 Å². The maximum atomic E-state index is 15.6. The molecule has 3 aromatic rings. The summed E-state index contributed by atoms with van der Waals surface area (Å²) in [7, 11) is -3.76. The van der Waals surface area contributed by atoms with E-state index in [2.05, 4.69) is 15.0 Å². The third-order valence-corrected chi connectivity index (χ3v) is 10.9. The Morgan fingerprint density at radius 3 is 2.60 bits per heavy atom. The van der Waals surface area contributed by atoms with Crippen molar-refractivity contribution in [2.75, 3.05) is 25.2 Å². The van der Waals surface area contributed by atoms with E-state index in [-0.39, 0.29) is 22.7 Å². The first-order chi connectivity index (χ1) is 20.4. The highest BCUT2D eigenvalue weighted by Gasteiger charge is 2.54. The fourth-order valence-corrected chi connectivity index (χ4v) is 8.62. The van der Waals surface area contributed by atoms with E-state index in [0.29, 0.717) is 11.4 Å². The number of anilines is 1. The summed E-state index contributed by atoms with van der Waals surface area (Å²) in [4.78, 5) is 59.5. The van der Waals surface area contributed by atoms with Gasteiger partial charge in [0.05, 0.1) is 19.0 Å². The zero-order valence-corrected chi connectivity index (χ0v) is 24.4. The molecule has 0 aliphatic carbocycles. The van der Waals surface area contributed by atoms with Crippen LogP contribution in [0.1, 0.15) is 12.5 Å². The van der Waals surface area contributed by atoms with E-state index in [4.69, 9.17) is 33.5 Å². The first-order valence-electron chi connectivity index (χ1n) is 12.4. The number of nitrogens with two attached hydrogens (primary N) is 1. The second kappa shape index (κ2) is 11.4. The van der Waals surface area contributed by atoms with Crippen molar-refractivity contribution in [3.63, 3.8) is 0 Å². The molecule has 3 aromatic heterocycles. The molecule has 19 nitrogen and oxygen atoms in total. The van der Waals surface area contributed by atoms with E-state index < -0.39 is 81.6 Å². The standard InChI is InChI=1S/C20H24FN7O12P2S/c1-35-13-9-5-43-42(33,34)40-14-11(21)8(37-18(14)27-3-2-10(29)26-20(27)30)4-36-41(31,32)39-15(13)19(38-9)28-7-25-12-16(22)23-6-24-17(12)28/h2-3,6-9,11,13-15,18-19H,4-5H2,1H3,(H,31,32)(H,33,34)(H2,22,23,24)(H,26,29,30)/t8-,9-,11-,13-,14-,15-,18-,19-/m1/s1. The average molecular weight is 667 g/mol. The molecule has 6 rings (SSSR count). The van der Waals surface area contributed by atoms with Crippen LogP contribution in [0, 0.1) is 0 Å². The van der Waals surface area contributed by atoms with E-state index in [1.54, 1.807) is 0 Å². The molecule has 23 heteroatoms. The zero-order valence-electron chi connectivity index (χ0n) is 21.8. The van der Waals surface area contributed by atoms with Crippen LogP contribution < -0.4 is 17.0 Å². The lowest BCUT2D eigenvalue weighted by atomic mass is 10.1. The Morgan fingerprint density at radius 2 is 1.86 bits per heavy atom. The third-order valence-electron chi connectivity index (χ3n) is 6.92. The predicted octanol–water partition coefficient (Wildman–Crippen LogP) is -0.159. The van der Waals surface area contributed by atoms with Gasteiger partial charge in [-0.05, 0) is 11.4 Å². The monoisotopic (exact) mass is 667 g/mol. The predicted molar refractivity (Wildman–Crippen MR) is 142 cm³/mol. The molecular formula is C20H24FN7O12P2S. The number of aromatic amines is 1. The van der Waals surface area contributed by atoms with Crippen LogP contribution >= 0.6 is 26.0 Å². The number of rotatable bonds is 3. The number of phosphoric ester groups is 1. The molecule has 5 N–H and O–H groups in total. The van der Waals surface area contributed by atoms with Crippen LogP contribution in [0.15, 0.2) is 34.5 Å². The van der Waals surface area contributed by atoms with Crippen molar-refractivity contribution < 1.29 is 51.1 Å². The van der Waals surface area contributed by atoms with Crippen LogP contribution in [0.25, 0.3) is 11.2 Å². The van der Waals surface area contributed by atoms with Crippen molar-refractivity contribution in [1.29, 1.82) is 0 Å². The summed E-state index contributed by atoms with van der Waals surface area (Å²) in [6.07, 6.45) is -8.82. The number of alkyl halides is 1. The number of H-pyrrole nitrogens is 1. The Balaban J connectivity index is 1.35. The summed E-state index contributed by atoms with van der Waals surface area (Å²) in [6, 6.07) is 0.948. The van der Waals surface area contributed by atoms with Crippen LogP contribution in [-0.2, 0) is 36.9 Å².